The monoisotopic (exact) mass is 185 g/mol. The highest BCUT2D eigenvalue weighted by atomic mass is 79.9. The standard InChI is InChI=1S/C6H9BBrN/c1-5(8)2-3-6(7)4-9/h2-4H,1,7,9H2/b3-2-,6-4+. The van der Waals surface area contributed by atoms with Crippen molar-refractivity contribution in [2.24, 2.45) is 5.73 Å². The second-order valence-corrected chi connectivity index (χ2v) is 2.71. The van der Waals surface area contributed by atoms with E-state index in [1.807, 2.05) is 20.0 Å². The van der Waals surface area contributed by atoms with E-state index in [9.17, 15) is 0 Å². The summed E-state index contributed by atoms with van der Waals surface area (Å²) in [4.78, 5) is 0. The summed E-state index contributed by atoms with van der Waals surface area (Å²) in [5, 5.41) is 0. The lowest BCUT2D eigenvalue weighted by molar-refractivity contribution is 1.58. The van der Waals surface area contributed by atoms with Crippen LogP contribution in [0.25, 0.3) is 0 Å². The Morgan fingerprint density at radius 1 is 1.56 bits per heavy atom. The highest BCUT2D eigenvalue weighted by Gasteiger charge is 1.77. The van der Waals surface area contributed by atoms with Crippen LogP contribution in [-0.4, -0.2) is 7.85 Å². The van der Waals surface area contributed by atoms with Gasteiger partial charge in [-0.1, -0.05) is 34.1 Å². The molecule has 0 amide bonds. The Morgan fingerprint density at radius 2 is 2.11 bits per heavy atom. The molecule has 0 spiro atoms. The number of hydrogen-bond donors (Lipinski definition) is 1. The number of halogens is 1. The number of nitrogens with two attached hydrogens (primary N) is 1. The van der Waals surface area contributed by atoms with Crippen LogP contribution in [-0.2, 0) is 0 Å². The van der Waals surface area contributed by atoms with Crippen LogP contribution in [0.15, 0.2) is 34.9 Å². The van der Waals surface area contributed by atoms with Crippen molar-refractivity contribution in [2.75, 3.05) is 0 Å². The van der Waals surface area contributed by atoms with Crippen LogP contribution in [0.4, 0.5) is 0 Å². The molecule has 0 aromatic rings. The highest BCUT2D eigenvalue weighted by Crippen LogP contribution is 2.02. The summed E-state index contributed by atoms with van der Waals surface area (Å²) in [5.74, 6) is 0. The third-order valence-corrected chi connectivity index (χ3v) is 1.05. The van der Waals surface area contributed by atoms with Gasteiger partial charge in [-0.2, -0.15) is 0 Å². The maximum absolute atomic E-state index is 5.20. The molecule has 0 aliphatic carbocycles. The van der Waals surface area contributed by atoms with Gasteiger partial charge < -0.3 is 5.73 Å². The first-order valence-electron chi connectivity index (χ1n) is 2.58. The fraction of sp³-hybridized carbons (Fsp3) is 0. The fourth-order valence-electron chi connectivity index (χ4n) is 0.277. The van der Waals surface area contributed by atoms with Crippen molar-refractivity contribution < 1.29 is 0 Å². The van der Waals surface area contributed by atoms with E-state index in [0.29, 0.717) is 0 Å². The maximum Gasteiger partial charge on any atom is 0.141 e. The molecule has 0 atom stereocenters. The second kappa shape index (κ2) is 4.44. The third kappa shape index (κ3) is 5.44. The van der Waals surface area contributed by atoms with Crippen molar-refractivity contribution in [2.45, 2.75) is 0 Å². The van der Waals surface area contributed by atoms with Gasteiger partial charge in [0.2, 0.25) is 0 Å². The average molecular weight is 186 g/mol. The van der Waals surface area contributed by atoms with E-state index >= 15 is 0 Å². The zero-order valence-electron chi connectivity index (χ0n) is 5.39. The van der Waals surface area contributed by atoms with E-state index in [1.54, 1.807) is 6.20 Å². The molecule has 0 saturated heterocycles. The first-order chi connectivity index (χ1) is 4.16. The molecule has 0 radical (unpaired) electrons. The normalized spacial score (nSPS) is 12.3. The molecule has 0 aliphatic heterocycles. The summed E-state index contributed by atoms with van der Waals surface area (Å²) >= 11 is 3.18. The van der Waals surface area contributed by atoms with Gasteiger partial charge in [-0.05, 0) is 12.3 Å². The molecule has 1 nitrogen and oxygen atoms in total. The van der Waals surface area contributed by atoms with Crippen molar-refractivity contribution in [1.29, 1.82) is 0 Å². The van der Waals surface area contributed by atoms with Crippen molar-refractivity contribution in [3.8, 4) is 0 Å². The van der Waals surface area contributed by atoms with Gasteiger partial charge in [0.15, 0.2) is 0 Å². The molecular weight excluding hydrogens is 177 g/mol. The third-order valence-electron chi connectivity index (χ3n) is 0.790. The van der Waals surface area contributed by atoms with Crippen LogP contribution in [0.1, 0.15) is 0 Å². The van der Waals surface area contributed by atoms with E-state index in [-0.39, 0.29) is 0 Å². The maximum atomic E-state index is 5.20. The van der Waals surface area contributed by atoms with E-state index in [2.05, 4.69) is 22.5 Å². The SMILES string of the molecule is BC(/C=C\C(=C)Br)=C/N. The van der Waals surface area contributed by atoms with Crippen molar-refractivity contribution in [3.05, 3.63) is 34.9 Å². The largest absolute Gasteiger partial charge is 0.405 e. The van der Waals surface area contributed by atoms with E-state index in [0.717, 1.165) is 9.95 Å². The van der Waals surface area contributed by atoms with Gasteiger partial charge in [-0.3, -0.25) is 0 Å². The molecule has 9 heavy (non-hydrogen) atoms. The fourth-order valence-corrected chi connectivity index (χ4v) is 0.410. The number of allylic oxidation sites excluding steroid dienone is 4. The zero-order chi connectivity index (χ0) is 7.28. The summed E-state index contributed by atoms with van der Waals surface area (Å²) < 4.78 is 0.851. The van der Waals surface area contributed by atoms with Crippen LogP contribution in [0, 0.1) is 0 Å². The van der Waals surface area contributed by atoms with Crippen LogP contribution in [0.5, 0.6) is 0 Å². The predicted molar refractivity (Wildman–Crippen MR) is 48.0 cm³/mol. The second-order valence-electron chi connectivity index (χ2n) is 1.69. The topological polar surface area (TPSA) is 26.0 Å². The molecule has 0 fully saturated rings. The minimum absolute atomic E-state index is 0.851. The molecule has 0 unspecified atom stereocenters. The van der Waals surface area contributed by atoms with Gasteiger partial charge >= 0.3 is 0 Å². The lowest BCUT2D eigenvalue weighted by Gasteiger charge is -1.85. The minimum Gasteiger partial charge on any atom is -0.405 e. The molecule has 3 heteroatoms. The number of hydrogen-bond acceptors (Lipinski definition) is 1. The molecule has 2 N–H and O–H groups in total. The molecule has 0 rings (SSSR count). The Bertz CT molecular complexity index is 160. The Kier molecular flexibility index (Phi) is 4.23. The van der Waals surface area contributed by atoms with Gasteiger partial charge in [0.1, 0.15) is 7.85 Å². The van der Waals surface area contributed by atoms with E-state index in [4.69, 9.17) is 5.73 Å². The molecular formula is C6H9BBrN. The van der Waals surface area contributed by atoms with E-state index in [1.165, 1.54) is 0 Å². The first-order valence-corrected chi connectivity index (χ1v) is 3.37. The Balaban J connectivity index is 3.86. The molecule has 48 valence electrons. The average Bonchev–Trinajstić information content (AvgIpc) is 1.83. The van der Waals surface area contributed by atoms with Crippen molar-refractivity contribution >= 4 is 23.8 Å². The Labute approximate surface area is 64.9 Å². The summed E-state index contributed by atoms with van der Waals surface area (Å²) in [6, 6.07) is 0. The summed E-state index contributed by atoms with van der Waals surface area (Å²) in [6.45, 7) is 3.62. The van der Waals surface area contributed by atoms with E-state index < -0.39 is 0 Å². The smallest absolute Gasteiger partial charge is 0.141 e. The van der Waals surface area contributed by atoms with Gasteiger partial charge in [-0.15, -0.1) is 0 Å². The molecule has 0 aliphatic rings. The molecule has 0 heterocycles. The van der Waals surface area contributed by atoms with Gasteiger partial charge in [-0.25, -0.2) is 0 Å². The predicted octanol–water partition coefficient (Wildman–Crippen LogP) is 0.884. The Hall–Kier alpha value is -0.435. The quantitative estimate of drug-likeness (QED) is 0.502. The lowest BCUT2D eigenvalue weighted by Crippen LogP contribution is -1.83. The van der Waals surface area contributed by atoms with Crippen molar-refractivity contribution in [3.63, 3.8) is 0 Å². The molecule has 0 saturated carbocycles. The summed E-state index contributed by atoms with van der Waals surface area (Å²) in [5.41, 5.74) is 6.22. The zero-order valence-corrected chi connectivity index (χ0v) is 6.98. The van der Waals surface area contributed by atoms with Gasteiger partial charge in [0, 0.05) is 4.48 Å². The van der Waals surface area contributed by atoms with Crippen LogP contribution < -0.4 is 5.73 Å². The lowest BCUT2D eigenvalue weighted by atomic mass is 9.97. The summed E-state index contributed by atoms with van der Waals surface area (Å²) in [7, 11) is 1.92. The summed E-state index contributed by atoms with van der Waals surface area (Å²) in [6.07, 6.45) is 5.28. The molecule has 0 aromatic carbocycles. The van der Waals surface area contributed by atoms with Gasteiger partial charge in [0.05, 0.1) is 0 Å². The molecule has 0 aromatic heterocycles. The van der Waals surface area contributed by atoms with Crippen molar-refractivity contribution in [1.82, 2.24) is 0 Å². The highest BCUT2D eigenvalue weighted by molar-refractivity contribution is 9.11. The van der Waals surface area contributed by atoms with Gasteiger partial charge in [0.25, 0.3) is 0 Å². The van der Waals surface area contributed by atoms with Crippen LogP contribution >= 0.6 is 15.9 Å². The number of rotatable bonds is 2. The van der Waals surface area contributed by atoms with Crippen LogP contribution in [0.3, 0.4) is 0 Å². The Morgan fingerprint density at radius 3 is 2.44 bits per heavy atom. The minimum atomic E-state index is 0.851. The first kappa shape index (κ1) is 8.56. The van der Waals surface area contributed by atoms with Crippen LogP contribution in [0.2, 0.25) is 0 Å². The molecule has 0 bridgehead atoms.